The topological polar surface area (TPSA) is 72.2 Å². The first-order chi connectivity index (χ1) is 11.1. The van der Waals surface area contributed by atoms with Crippen LogP contribution < -0.4 is 9.86 Å². The smallest absolute Gasteiger partial charge is 0.216 e. The third-order valence-electron chi connectivity index (χ3n) is 3.99. The zero-order valence-corrected chi connectivity index (χ0v) is 15.9. The molecule has 0 aromatic carbocycles. The lowest BCUT2D eigenvalue weighted by atomic mass is 10.1. The zero-order valence-electron chi connectivity index (χ0n) is 15.1. The Morgan fingerprint density at radius 1 is 0.739 bits per heavy atom. The molecule has 0 aromatic rings. The van der Waals surface area contributed by atoms with Gasteiger partial charge in [-0.2, -0.15) is 8.42 Å². The van der Waals surface area contributed by atoms with Crippen molar-refractivity contribution in [2.45, 2.75) is 96.8 Å². The molecular formula is C18H38N2O2S. The standard InChI is InChI=1S/C18H38N2O2S/c1-2-3-4-5-6-7-8-9-10-11-12-13-14-15-16-17-18-20-23(19,21)22/h9-10,20H,2-8,11-18H2,1H3,(H2,19,21,22)/b10-9+. The fraction of sp³-hybridized carbons (Fsp3) is 0.889. The van der Waals surface area contributed by atoms with Gasteiger partial charge in [0.2, 0.25) is 0 Å². The molecule has 0 spiro atoms. The van der Waals surface area contributed by atoms with E-state index in [0.29, 0.717) is 6.54 Å². The summed E-state index contributed by atoms with van der Waals surface area (Å²) in [6, 6.07) is 0. The van der Waals surface area contributed by atoms with Gasteiger partial charge < -0.3 is 0 Å². The maximum Gasteiger partial charge on any atom is 0.274 e. The lowest BCUT2D eigenvalue weighted by Crippen LogP contribution is -2.31. The molecule has 3 N–H and O–H groups in total. The van der Waals surface area contributed by atoms with Crippen LogP contribution in [-0.4, -0.2) is 15.0 Å². The fourth-order valence-corrected chi connectivity index (χ4v) is 3.02. The molecule has 4 nitrogen and oxygen atoms in total. The van der Waals surface area contributed by atoms with Crippen molar-refractivity contribution in [3.63, 3.8) is 0 Å². The predicted octanol–water partition coefficient (Wildman–Crippen LogP) is 4.82. The Kier molecular flexibility index (Phi) is 16.2. The summed E-state index contributed by atoms with van der Waals surface area (Å²) in [5.41, 5.74) is 0. The van der Waals surface area contributed by atoms with E-state index in [1.807, 2.05) is 0 Å². The normalized spacial score (nSPS) is 12.3. The van der Waals surface area contributed by atoms with Crippen molar-refractivity contribution < 1.29 is 8.42 Å². The van der Waals surface area contributed by atoms with Gasteiger partial charge >= 0.3 is 0 Å². The molecule has 0 saturated heterocycles. The molecule has 0 unspecified atom stereocenters. The maximum absolute atomic E-state index is 10.7. The summed E-state index contributed by atoms with van der Waals surface area (Å²) in [7, 11) is -3.50. The average molecular weight is 347 g/mol. The number of hydrogen-bond acceptors (Lipinski definition) is 2. The largest absolute Gasteiger partial charge is 0.274 e. The Hall–Kier alpha value is -0.390. The van der Waals surface area contributed by atoms with Gasteiger partial charge in [0.25, 0.3) is 10.2 Å². The van der Waals surface area contributed by atoms with Gasteiger partial charge in [-0.1, -0.05) is 76.9 Å². The number of nitrogens with two attached hydrogens (primary N) is 1. The predicted molar refractivity (Wildman–Crippen MR) is 101 cm³/mol. The van der Waals surface area contributed by atoms with Crippen molar-refractivity contribution >= 4 is 10.2 Å². The summed E-state index contributed by atoms with van der Waals surface area (Å²) in [5.74, 6) is 0. The van der Waals surface area contributed by atoms with Crippen molar-refractivity contribution in [3.8, 4) is 0 Å². The minimum atomic E-state index is -3.50. The van der Waals surface area contributed by atoms with Gasteiger partial charge in [0.1, 0.15) is 0 Å². The van der Waals surface area contributed by atoms with Crippen LogP contribution in [0.1, 0.15) is 96.8 Å². The summed E-state index contributed by atoms with van der Waals surface area (Å²) < 4.78 is 23.6. The summed E-state index contributed by atoms with van der Waals surface area (Å²) in [5, 5.41) is 4.86. The molecule has 0 heterocycles. The summed E-state index contributed by atoms with van der Waals surface area (Å²) in [6.45, 7) is 2.72. The average Bonchev–Trinajstić information content (AvgIpc) is 2.49. The Morgan fingerprint density at radius 2 is 1.17 bits per heavy atom. The highest BCUT2D eigenvalue weighted by molar-refractivity contribution is 7.87. The molecule has 0 saturated carbocycles. The molecule has 5 heteroatoms. The highest BCUT2D eigenvalue weighted by Gasteiger charge is 1.98. The van der Waals surface area contributed by atoms with Crippen LogP contribution in [0.25, 0.3) is 0 Å². The second kappa shape index (κ2) is 16.5. The van der Waals surface area contributed by atoms with Gasteiger partial charge in [-0.15, -0.1) is 0 Å². The van der Waals surface area contributed by atoms with Crippen LogP contribution in [0.4, 0.5) is 0 Å². The molecular weight excluding hydrogens is 308 g/mol. The molecule has 0 amide bonds. The van der Waals surface area contributed by atoms with Crippen molar-refractivity contribution in [3.05, 3.63) is 12.2 Å². The highest BCUT2D eigenvalue weighted by atomic mass is 32.2. The molecule has 23 heavy (non-hydrogen) atoms. The van der Waals surface area contributed by atoms with E-state index in [9.17, 15) is 8.42 Å². The van der Waals surface area contributed by atoms with Crippen molar-refractivity contribution in [1.82, 2.24) is 4.72 Å². The number of hydrogen-bond donors (Lipinski definition) is 2. The minimum absolute atomic E-state index is 0.458. The molecule has 0 atom stereocenters. The van der Waals surface area contributed by atoms with Gasteiger partial charge in [-0.3, -0.25) is 0 Å². The first kappa shape index (κ1) is 22.6. The number of nitrogens with one attached hydrogen (secondary N) is 1. The molecule has 0 aromatic heterocycles. The summed E-state index contributed by atoms with van der Waals surface area (Å²) in [6.07, 6.45) is 22.2. The first-order valence-corrected chi connectivity index (χ1v) is 11.0. The monoisotopic (exact) mass is 346 g/mol. The molecule has 0 rings (SSSR count). The minimum Gasteiger partial charge on any atom is -0.216 e. The van der Waals surface area contributed by atoms with Crippen LogP contribution in [0.5, 0.6) is 0 Å². The third-order valence-corrected chi connectivity index (χ3v) is 4.60. The summed E-state index contributed by atoms with van der Waals surface area (Å²) >= 11 is 0. The quantitative estimate of drug-likeness (QED) is 0.293. The number of unbranched alkanes of at least 4 members (excludes halogenated alkanes) is 12. The van der Waals surface area contributed by atoms with Crippen LogP contribution in [0.15, 0.2) is 12.2 Å². The second-order valence-corrected chi connectivity index (χ2v) is 7.76. The van der Waals surface area contributed by atoms with Crippen LogP contribution in [0.3, 0.4) is 0 Å². The van der Waals surface area contributed by atoms with E-state index in [1.165, 1.54) is 77.0 Å². The summed E-state index contributed by atoms with van der Waals surface area (Å²) in [4.78, 5) is 0. The van der Waals surface area contributed by atoms with Crippen molar-refractivity contribution in [1.29, 1.82) is 0 Å². The highest BCUT2D eigenvalue weighted by Crippen LogP contribution is 2.09. The van der Waals surface area contributed by atoms with Crippen LogP contribution in [-0.2, 0) is 10.2 Å². The fourth-order valence-electron chi connectivity index (χ4n) is 2.59. The first-order valence-electron chi connectivity index (χ1n) is 9.48. The lowest BCUT2D eigenvalue weighted by molar-refractivity contribution is 0.566. The Labute approximate surface area is 144 Å². The SMILES string of the molecule is CCCCCCCC/C=C/CCCCCCCCNS(N)(=O)=O. The second-order valence-electron chi connectivity index (χ2n) is 6.38. The van der Waals surface area contributed by atoms with Crippen LogP contribution in [0, 0.1) is 0 Å². The maximum atomic E-state index is 10.7. The van der Waals surface area contributed by atoms with Gasteiger partial charge in [0.05, 0.1) is 0 Å². The zero-order chi connectivity index (χ0) is 17.2. The van der Waals surface area contributed by atoms with Crippen LogP contribution >= 0.6 is 0 Å². The Bertz CT molecular complexity index is 367. The van der Waals surface area contributed by atoms with E-state index < -0.39 is 10.2 Å². The van der Waals surface area contributed by atoms with E-state index in [2.05, 4.69) is 23.8 Å². The molecule has 138 valence electrons. The molecule has 0 aliphatic rings. The van der Waals surface area contributed by atoms with Crippen molar-refractivity contribution in [2.24, 2.45) is 5.14 Å². The molecule has 0 bridgehead atoms. The molecule has 0 aliphatic heterocycles. The third kappa shape index (κ3) is 21.6. The van der Waals surface area contributed by atoms with E-state index in [0.717, 1.165) is 12.8 Å². The molecule has 0 fully saturated rings. The van der Waals surface area contributed by atoms with Gasteiger partial charge in [0.15, 0.2) is 0 Å². The van der Waals surface area contributed by atoms with E-state index in [1.54, 1.807) is 0 Å². The van der Waals surface area contributed by atoms with Crippen molar-refractivity contribution in [2.75, 3.05) is 6.54 Å². The van der Waals surface area contributed by atoms with Crippen LogP contribution in [0.2, 0.25) is 0 Å². The van der Waals surface area contributed by atoms with E-state index in [4.69, 9.17) is 5.14 Å². The Balaban J connectivity index is 3.13. The van der Waals surface area contributed by atoms with E-state index in [-0.39, 0.29) is 0 Å². The number of allylic oxidation sites excluding steroid dienone is 2. The van der Waals surface area contributed by atoms with Gasteiger partial charge in [-0.25, -0.2) is 9.86 Å². The lowest BCUT2D eigenvalue weighted by Gasteiger charge is -2.02. The number of rotatable bonds is 17. The van der Waals surface area contributed by atoms with Gasteiger partial charge in [0, 0.05) is 6.54 Å². The van der Waals surface area contributed by atoms with E-state index >= 15 is 0 Å². The molecule has 0 radical (unpaired) electrons. The molecule has 0 aliphatic carbocycles. The Morgan fingerprint density at radius 3 is 1.65 bits per heavy atom. The van der Waals surface area contributed by atoms with Gasteiger partial charge in [-0.05, 0) is 32.1 Å².